The van der Waals surface area contributed by atoms with Crippen molar-refractivity contribution in [1.29, 1.82) is 0 Å². The molecule has 0 saturated carbocycles. The quantitative estimate of drug-likeness (QED) is 0.753. The Bertz CT molecular complexity index is 680. The molecular formula is C14H17N5OS. The molecule has 1 aromatic carbocycles. The molecule has 2 rings (SSSR count). The normalized spacial score (nSPS) is 10.2. The Hall–Kier alpha value is -2.41. The molecule has 1 aromatic heterocycles. The lowest BCUT2D eigenvalue weighted by atomic mass is 10.2. The van der Waals surface area contributed by atoms with E-state index in [-0.39, 0.29) is 0 Å². The Balaban J connectivity index is 2.13. The van der Waals surface area contributed by atoms with E-state index in [1.54, 1.807) is 0 Å². The van der Waals surface area contributed by atoms with Gasteiger partial charge in [-0.2, -0.15) is 5.10 Å². The Kier molecular flexibility index (Phi) is 4.54. The lowest BCUT2D eigenvalue weighted by Gasteiger charge is -2.11. The summed E-state index contributed by atoms with van der Waals surface area (Å²) >= 11 is 5.24. The predicted molar refractivity (Wildman–Crippen MR) is 87.4 cm³/mol. The van der Waals surface area contributed by atoms with Crippen LogP contribution in [0.4, 0.5) is 11.4 Å². The molecule has 0 bridgehead atoms. The summed E-state index contributed by atoms with van der Waals surface area (Å²) in [5.74, 6) is -0.546. The zero-order valence-corrected chi connectivity index (χ0v) is 12.7. The van der Waals surface area contributed by atoms with Crippen molar-refractivity contribution in [2.24, 2.45) is 5.73 Å². The Morgan fingerprint density at radius 2 is 2.19 bits per heavy atom. The molecule has 0 aliphatic carbocycles. The number of nitrogens with zero attached hydrogens (tertiary/aromatic N) is 2. The first-order valence-corrected chi connectivity index (χ1v) is 6.92. The molecule has 0 fully saturated rings. The average molecular weight is 303 g/mol. The van der Waals surface area contributed by atoms with Crippen molar-refractivity contribution in [2.45, 2.75) is 20.4 Å². The number of nitrogens with one attached hydrogen (secondary N) is 2. The lowest BCUT2D eigenvalue weighted by molar-refractivity contribution is 0.0991. The van der Waals surface area contributed by atoms with Gasteiger partial charge >= 0.3 is 0 Å². The van der Waals surface area contributed by atoms with Crippen molar-refractivity contribution < 1.29 is 4.79 Å². The van der Waals surface area contributed by atoms with Crippen LogP contribution in [0.5, 0.6) is 0 Å². The minimum absolute atomic E-state index is 0.311. The molecule has 4 N–H and O–H groups in total. The second-order valence-electron chi connectivity index (χ2n) is 4.54. The molecule has 0 aliphatic rings. The number of benzene rings is 1. The summed E-state index contributed by atoms with van der Waals surface area (Å²) in [4.78, 5) is 11.5. The number of nitrogens with two attached hydrogens (primary N) is 1. The van der Waals surface area contributed by atoms with E-state index in [9.17, 15) is 4.79 Å². The maximum atomic E-state index is 11.5. The van der Waals surface area contributed by atoms with Gasteiger partial charge in [0.15, 0.2) is 5.11 Å². The van der Waals surface area contributed by atoms with Gasteiger partial charge in [0.2, 0.25) is 0 Å². The van der Waals surface area contributed by atoms with Gasteiger partial charge in [-0.05, 0) is 43.8 Å². The van der Waals surface area contributed by atoms with E-state index in [1.807, 2.05) is 38.1 Å². The van der Waals surface area contributed by atoms with E-state index in [1.165, 1.54) is 10.9 Å². The number of primary amides is 1. The van der Waals surface area contributed by atoms with Crippen LogP contribution in [0.2, 0.25) is 0 Å². The van der Waals surface area contributed by atoms with E-state index in [4.69, 9.17) is 18.0 Å². The predicted octanol–water partition coefficient (Wildman–Crippen LogP) is 2.12. The van der Waals surface area contributed by atoms with Crippen molar-refractivity contribution in [3.8, 4) is 0 Å². The van der Waals surface area contributed by atoms with Gasteiger partial charge in [-0.25, -0.2) is 0 Å². The van der Waals surface area contributed by atoms with Gasteiger partial charge in [0, 0.05) is 12.2 Å². The van der Waals surface area contributed by atoms with E-state index in [2.05, 4.69) is 15.7 Å². The van der Waals surface area contributed by atoms with Crippen LogP contribution in [0.15, 0.2) is 30.5 Å². The van der Waals surface area contributed by atoms with Gasteiger partial charge in [-0.3, -0.25) is 9.48 Å². The first-order valence-electron chi connectivity index (χ1n) is 6.51. The van der Waals surface area contributed by atoms with Crippen LogP contribution in [0.1, 0.15) is 23.0 Å². The standard InChI is InChI=1S/C14H17N5OS/c1-3-19-12(13(15)20)11(8-16-19)18-14(21)17-10-6-4-5-9(2)7-10/h4-8H,3H2,1-2H3,(H2,15,20)(H2,17,18,21). The van der Waals surface area contributed by atoms with Crippen molar-refractivity contribution in [3.63, 3.8) is 0 Å². The number of thiocarbonyl (C=S) groups is 1. The number of carbonyl (C=O) groups excluding carboxylic acids is 1. The molecule has 1 amide bonds. The molecule has 2 aromatic rings. The lowest BCUT2D eigenvalue weighted by Crippen LogP contribution is -2.23. The third-order valence-electron chi connectivity index (χ3n) is 2.90. The minimum atomic E-state index is -0.546. The second-order valence-corrected chi connectivity index (χ2v) is 4.94. The zero-order valence-electron chi connectivity index (χ0n) is 11.9. The third-order valence-corrected chi connectivity index (χ3v) is 3.10. The van der Waals surface area contributed by atoms with Crippen molar-refractivity contribution in [2.75, 3.05) is 10.6 Å². The molecule has 0 saturated heterocycles. The number of rotatable bonds is 4. The summed E-state index contributed by atoms with van der Waals surface area (Å²) in [6, 6.07) is 7.81. The highest BCUT2D eigenvalue weighted by atomic mass is 32.1. The molecular weight excluding hydrogens is 286 g/mol. The summed E-state index contributed by atoms with van der Waals surface area (Å²) in [6.45, 7) is 4.43. The van der Waals surface area contributed by atoms with Gasteiger partial charge < -0.3 is 16.4 Å². The zero-order chi connectivity index (χ0) is 15.4. The van der Waals surface area contributed by atoms with E-state index >= 15 is 0 Å². The van der Waals surface area contributed by atoms with Crippen LogP contribution in [-0.4, -0.2) is 20.8 Å². The van der Waals surface area contributed by atoms with Crippen molar-refractivity contribution in [1.82, 2.24) is 9.78 Å². The highest BCUT2D eigenvalue weighted by Crippen LogP contribution is 2.16. The van der Waals surface area contributed by atoms with Gasteiger partial charge in [-0.1, -0.05) is 12.1 Å². The second kappa shape index (κ2) is 6.36. The molecule has 1 heterocycles. The first-order chi connectivity index (χ1) is 10.0. The summed E-state index contributed by atoms with van der Waals surface area (Å²) in [5, 5.41) is 10.5. The van der Waals surface area contributed by atoms with E-state index in [0.29, 0.717) is 23.0 Å². The number of hydrogen-bond donors (Lipinski definition) is 3. The molecule has 0 unspecified atom stereocenters. The van der Waals surface area contributed by atoms with Gasteiger partial charge in [0.05, 0.1) is 11.9 Å². The fraction of sp³-hybridized carbons (Fsp3) is 0.214. The van der Waals surface area contributed by atoms with Gasteiger partial charge in [0.1, 0.15) is 5.69 Å². The molecule has 6 nitrogen and oxygen atoms in total. The summed E-state index contributed by atoms with van der Waals surface area (Å²) in [7, 11) is 0. The number of anilines is 2. The van der Waals surface area contributed by atoms with Crippen LogP contribution >= 0.6 is 12.2 Å². The average Bonchev–Trinajstić information content (AvgIpc) is 2.81. The summed E-state index contributed by atoms with van der Waals surface area (Å²) in [6.07, 6.45) is 1.54. The molecule has 0 radical (unpaired) electrons. The highest BCUT2D eigenvalue weighted by molar-refractivity contribution is 7.80. The van der Waals surface area contributed by atoms with Crippen LogP contribution in [0.3, 0.4) is 0 Å². The fourth-order valence-electron chi connectivity index (χ4n) is 1.98. The monoisotopic (exact) mass is 303 g/mol. The summed E-state index contributed by atoms with van der Waals surface area (Å²) < 4.78 is 1.53. The molecule has 0 spiro atoms. The smallest absolute Gasteiger partial charge is 0.269 e. The van der Waals surface area contributed by atoms with E-state index < -0.39 is 5.91 Å². The Morgan fingerprint density at radius 1 is 1.43 bits per heavy atom. The number of carbonyl (C=O) groups is 1. The molecule has 21 heavy (non-hydrogen) atoms. The molecule has 0 atom stereocenters. The number of aromatic nitrogens is 2. The van der Waals surface area contributed by atoms with Crippen molar-refractivity contribution >= 4 is 34.6 Å². The number of hydrogen-bond acceptors (Lipinski definition) is 3. The topological polar surface area (TPSA) is 85.0 Å². The van der Waals surface area contributed by atoms with Crippen LogP contribution < -0.4 is 16.4 Å². The molecule has 110 valence electrons. The van der Waals surface area contributed by atoms with Crippen LogP contribution in [0, 0.1) is 6.92 Å². The SMILES string of the molecule is CCn1ncc(NC(=S)Nc2cccc(C)c2)c1C(N)=O. The van der Waals surface area contributed by atoms with Crippen LogP contribution in [-0.2, 0) is 6.54 Å². The maximum Gasteiger partial charge on any atom is 0.269 e. The fourth-order valence-corrected chi connectivity index (χ4v) is 2.21. The minimum Gasteiger partial charge on any atom is -0.364 e. The summed E-state index contributed by atoms with van der Waals surface area (Å²) in [5.41, 5.74) is 8.18. The number of amides is 1. The Morgan fingerprint density at radius 3 is 2.81 bits per heavy atom. The number of aryl methyl sites for hydroxylation is 2. The maximum absolute atomic E-state index is 11.5. The first kappa shape index (κ1) is 15.0. The third kappa shape index (κ3) is 3.57. The molecule has 0 aliphatic heterocycles. The highest BCUT2D eigenvalue weighted by Gasteiger charge is 2.16. The Labute approximate surface area is 128 Å². The van der Waals surface area contributed by atoms with Gasteiger partial charge in [-0.15, -0.1) is 0 Å². The van der Waals surface area contributed by atoms with E-state index in [0.717, 1.165) is 11.3 Å². The van der Waals surface area contributed by atoms with Gasteiger partial charge in [0.25, 0.3) is 5.91 Å². The molecule has 7 heteroatoms. The van der Waals surface area contributed by atoms with Crippen LogP contribution in [0.25, 0.3) is 0 Å². The van der Waals surface area contributed by atoms with Crippen molar-refractivity contribution in [3.05, 3.63) is 41.7 Å². The largest absolute Gasteiger partial charge is 0.364 e.